The van der Waals surface area contributed by atoms with Crippen molar-refractivity contribution in [1.82, 2.24) is 0 Å². The van der Waals surface area contributed by atoms with E-state index in [0.29, 0.717) is 0 Å². The molecule has 0 bridgehead atoms. The van der Waals surface area contributed by atoms with Crippen molar-refractivity contribution in [2.24, 2.45) is 0 Å². The van der Waals surface area contributed by atoms with E-state index in [1.54, 1.807) is 0 Å². The molecule has 0 unspecified atom stereocenters. The summed E-state index contributed by atoms with van der Waals surface area (Å²) in [6, 6.07) is 0. The Balaban J connectivity index is -0.0000000200. The van der Waals surface area contributed by atoms with Gasteiger partial charge in [-0.1, -0.05) is 0 Å². The minimum absolute atomic E-state index is 0. The van der Waals surface area contributed by atoms with E-state index in [1.165, 1.54) is 6.92 Å². The van der Waals surface area contributed by atoms with Crippen LogP contribution in [0.15, 0.2) is 0 Å². The normalized spacial score (nSPS) is 2.60. The van der Waals surface area contributed by atoms with E-state index in [2.05, 4.69) is 0 Å². The van der Waals surface area contributed by atoms with Gasteiger partial charge in [0.15, 0.2) is 0 Å². The zero-order chi connectivity index (χ0) is 2.71. The SMILES string of the molecule is CC=O.O.[KH]. The molecule has 0 aliphatic rings. The maximum absolute atomic E-state index is 8.81. The summed E-state index contributed by atoms with van der Waals surface area (Å²) in [4.78, 5) is 8.81. The summed E-state index contributed by atoms with van der Waals surface area (Å²) >= 11 is 0. The summed E-state index contributed by atoms with van der Waals surface area (Å²) in [6.07, 6.45) is 0.750. The van der Waals surface area contributed by atoms with Gasteiger partial charge in [-0.15, -0.1) is 0 Å². The van der Waals surface area contributed by atoms with Gasteiger partial charge in [-0.05, 0) is 6.92 Å². The molecule has 0 aliphatic heterocycles. The monoisotopic (exact) mass is 102 g/mol. The van der Waals surface area contributed by atoms with Crippen LogP contribution in [-0.4, -0.2) is 63.1 Å². The molecule has 0 aliphatic carbocycles. The van der Waals surface area contributed by atoms with Crippen molar-refractivity contribution in [3.05, 3.63) is 0 Å². The van der Waals surface area contributed by atoms with E-state index in [-0.39, 0.29) is 56.9 Å². The molecule has 0 radical (unpaired) electrons. The Hall–Kier alpha value is 1.27. The summed E-state index contributed by atoms with van der Waals surface area (Å²) in [5, 5.41) is 0. The molecule has 3 heteroatoms. The van der Waals surface area contributed by atoms with Crippen LogP contribution in [-0.2, 0) is 4.79 Å². The first-order valence-corrected chi connectivity index (χ1v) is 0.813. The van der Waals surface area contributed by atoms with Crippen LogP contribution in [0.4, 0.5) is 0 Å². The molecule has 0 aromatic rings. The summed E-state index contributed by atoms with van der Waals surface area (Å²) < 4.78 is 0. The topological polar surface area (TPSA) is 48.6 Å². The van der Waals surface area contributed by atoms with E-state index in [9.17, 15) is 0 Å². The maximum atomic E-state index is 8.81. The van der Waals surface area contributed by atoms with Crippen molar-refractivity contribution in [3.63, 3.8) is 0 Å². The van der Waals surface area contributed by atoms with Crippen LogP contribution in [0, 0.1) is 0 Å². The van der Waals surface area contributed by atoms with Gasteiger partial charge in [-0.3, -0.25) is 0 Å². The van der Waals surface area contributed by atoms with Crippen LogP contribution in [0.3, 0.4) is 0 Å². The molecule has 2 N–H and O–H groups in total. The van der Waals surface area contributed by atoms with Crippen LogP contribution in [0.5, 0.6) is 0 Å². The quantitative estimate of drug-likeness (QED) is 0.278. The van der Waals surface area contributed by atoms with Crippen LogP contribution in [0.2, 0.25) is 0 Å². The molecule has 0 atom stereocenters. The van der Waals surface area contributed by atoms with Crippen LogP contribution >= 0.6 is 0 Å². The standard InChI is InChI=1S/C2H4O.K.H2O.H/c1-2-3;;;/h2H,1H3;;1H2;. The summed E-state index contributed by atoms with van der Waals surface area (Å²) in [7, 11) is 0. The fourth-order valence-corrected chi connectivity index (χ4v) is 0. The third-order valence-corrected chi connectivity index (χ3v) is 0. The molecule has 0 fully saturated rings. The fraction of sp³-hybridized carbons (Fsp3) is 0.500. The Bertz CT molecular complexity index is 15.1. The van der Waals surface area contributed by atoms with Crippen LogP contribution in [0.25, 0.3) is 0 Å². The van der Waals surface area contributed by atoms with E-state index in [4.69, 9.17) is 4.79 Å². The molecular weight excluding hydrogens is 95.1 g/mol. The zero-order valence-electron chi connectivity index (χ0n) is 2.49. The minimum atomic E-state index is 0. The second kappa shape index (κ2) is 18.7. The Morgan fingerprint density at radius 3 is 1.60 bits per heavy atom. The van der Waals surface area contributed by atoms with Gasteiger partial charge >= 0.3 is 51.4 Å². The number of hydrogen-bond donors (Lipinski definition) is 0. The van der Waals surface area contributed by atoms with E-state index in [1.807, 2.05) is 0 Å². The Labute approximate surface area is 73.7 Å². The number of rotatable bonds is 0. The molecule has 0 amide bonds. The summed E-state index contributed by atoms with van der Waals surface area (Å²) in [5.41, 5.74) is 0. The third-order valence-electron chi connectivity index (χ3n) is 0. The van der Waals surface area contributed by atoms with Gasteiger partial charge in [0, 0.05) is 0 Å². The second-order valence-electron chi connectivity index (χ2n) is 0.236. The first kappa shape index (κ1) is 16.3. The first-order chi connectivity index (χ1) is 1.41. The molecule has 28 valence electrons. The average molecular weight is 102 g/mol. The molecule has 0 aromatic carbocycles. The molecule has 0 heterocycles. The Morgan fingerprint density at radius 2 is 1.60 bits per heavy atom. The van der Waals surface area contributed by atoms with Crippen molar-refractivity contribution in [1.29, 1.82) is 0 Å². The Kier molecular flexibility index (Phi) is 60.8. The molecule has 0 spiro atoms. The van der Waals surface area contributed by atoms with Gasteiger partial charge in [-0.25, -0.2) is 0 Å². The molecule has 0 rings (SSSR count). The molecular formula is C2H7KO2. The molecule has 2 nitrogen and oxygen atoms in total. The Morgan fingerprint density at radius 1 is 1.60 bits per heavy atom. The van der Waals surface area contributed by atoms with E-state index >= 15 is 0 Å². The first-order valence-electron chi connectivity index (χ1n) is 0.813. The summed E-state index contributed by atoms with van der Waals surface area (Å²) in [6.45, 7) is 1.44. The number of carbonyl (C=O) groups is 1. The molecule has 5 heavy (non-hydrogen) atoms. The van der Waals surface area contributed by atoms with E-state index < -0.39 is 0 Å². The van der Waals surface area contributed by atoms with Crippen molar-refractivity contribution >= 4 is 57.7 Å². The van der Waals surface area contributed by atoms with Gasteiger partial charge in [0.05, 0.1) is 0 Å². The molecule has 0 aromatic heterocycles. The zero-order valence-corrected chi connectivity index (χ0v) is 2.49. The van der Waals surface area contributed by atoms with Gasteiger partial charge < -0.3 is 10.3 Å². The van der Waals surface area contributed by atoms with Crippen molar-refractivity contribution in [2.45, 2.75) is 6.92 Å². The van der Waals surface area contributed by atoms with Crippen molar-refractivity contribution in [2.75, 3.05) is 0 Å². The van der Waals surface area contributed by atoms with Crippen molar-refractivity contribution < 1.29 is 10.3 Å². The predicted molar refractivity (Wildman–Crippen MR) is 22.5 cm³/mol. The number of carbonyl (C=O) groups excluding carboxylic acids is 1. The predicted octanol–water partition coefficient (Wildman–Crippen LogP) is -1.27. The van der Waals surface area contributed by atoms with Gasteiger partial charge in [0.1, 0.15) is 6.29 Å². The van der Waals surface area contributed by atoms with Gasteiger partial charge in [0.2, 0.25) is 0 Å². The van der Waals surface area contributed by atoms with Gasteiger partial charge in [-0.2, -0.15) is 0 Å². The molecule has 0 saturated heterocycles. The van der Waals surface area contributed by atoms with Crippen molar-refractivity contribution in [3.8, 4) is 0 Å². The summed E-state index contributed by atoms with van der Waals surface area (Å²) in [5.74, 6) is 0. The number of hydrogen-bond acceptors (Lipinski definition) is 1. The number of aldehydes is 1. The molecule has 0 saturated carbocycles. The average Bonchev–Trinajstić information content (AvgIpc) is 0.918. The van der Waals surface area contributed by atoms with Crippen LogP contribution in [0.1, 0.15) is 6.92 Å². The van der Waals surface area contributed by atoms with E-state index in [0.717, 1.165) is 6.29 Å². The fourth-order valence-electron chi connectivity index (χ4n) is 0. The van der Waals surface area contributed by atoms with Crippen LogP contribution < -0.4 is 0 Å². The third kappa shape index (κ3) is 35.0. The van der Waals surface area contributed by atoms with Gasteiger partial charge in [0.25, 0.3) is 0 Å². The second-order valence-corrected chi connectivity index (χ2v) is 0.236.